The second kappa shape index (κ2) is 6.22. The van der Waals surface area contributed by atoms with Crippen molar-refractivity contribution >= 4 is 18.1 Å². The Labute approximate surface area is 147 Å². The lowest BCUT2D eigenvalue weighted by molar-refractivity contribution is -0.384. The van der Waals surface area contributed by atoms with Gasteiger partial charge in [0.25, 0.3) is 11.6 Å². The highest BCUT2D eigenvalue weighted by molar-refractivity contribution is 5.85. The third-order valence-corrected chi connectivity index (χ3v) is 4.13. The molecular formula is C14H14ClN7O3. The van der Waals surface area contributed by atoms with Crippen LogP contribution in [-0.4, -0.2) is 30.1 Å². The van der Waals surface area contributed by atoms with Crippen LogP contribution in [0.4, 0.5) is 5.69 Å². The number of nitrogens with zero attached hydrogens (tertiary/aromatic N) is 6. The SMILES string of the molecule is Cl.NC1(c2noc(-c3cn(-c4cccc([N+](=O)[O-])c4)nn3)n2)CCC1. The number of nitro groups is 1. The lowest BCUT2D eigenvalue weighted by Crippen LogP contribution is -2.44. The molecule has 25 heavy (non-hydrogen) atoms. The highest BCUT2D eigenvalue weighted by Gasteiger charge is 2.39. The highest BCUT2D eigenvalue weighted by atomic mass is 35.5. The quantitative estimate of drug-likeness (QED) is 0.548. The Morgan fingerprint density at radius 3 is 2.84 bits per heavy atom. The molecule has 0 amide bonds. The molecule has 3 aromatic rings. The molecule has 130 valence electrons. The molecule has 1 fully saturated rings. The van der Waals surface area contributed by atoms with Crippen LogP contribution in [0.3, 0.4) is 0 Å². The molecule has 4 rings (SSSR count). The summed E-state index contributed by atoms with van der Waals surface area (Å²) in [4.78, 5) is 14.7. The average molecular weight is 364 g/mol. The van der Waals surface area contributed by atoms with Gasteiger partial charge in [0.05, 0.1) is 22.3 Å². The predicted molar refractivity (Wildman–Crippen MR) is 88.3 cm³/mol. The Morgan fingerprint density at radius 2 is 2.16 bits per heavy atom. The fraction of sp³-hybridized carbons (Fsp3) is 0.286. The third kappa shape index (κ3) is 2.96. The van der Waals surface area contributed by atoms with Gasteiger partial charge >= 0.3 is 0 Å². The van der Waals surface area contributed by atoms with Gasteiger partial charge in [-0.3, -0.25) is 10.1 Å². The maximum Gasteiger partial charge on any atom is 0.280 e. The molecule has 0 spiro atoms. The minimum Gasteiger partial charge on any atom is -0.332 e. The van der Waals surface area contributed by atoms with Crippen molar-refractivity contribution in [3.05, 3.63) is 46.4 Å². The molecule has 0 aliphatic heterocycles. The van der Waals surface area contributed by atoms with Gasteiger partial charge in [-0.25, -0.2) is 4.68 Å². The second-order valence-electron chi connectivity index (χ2n) is 5.76. The van der Waals surface area contributed by atoms with E-state index < -0.39 is 10.5 Å². The smallest absolute Gasteiger partial charge is 0.280 e. The highest BCUT2D eigenvalue weighted by Crippen LogP contribution is 2.37. The number of non-ortho nitro benzene ring substituents is 1. The van der Waals surface area contributed by atoms with E-state index in [1.807, 2.05) is 0 Å². The van der Waals surface area contributed by atoms with E-state index in [-0.39, 0.29) is 24.0 Å². The van der Waals surface area contributed by atoms with Gasteiger partial charge in [-0.1, -0.05) is 16.4 Å². The molecule has 2 N–H and O–H groups in total. The normalized spacial score (nSPS) is 15.2. The maximum absolute atomic E-state index is 10.9. The molecule has 0 saturated heterocycles. The number of rotatable bonds is 4. The first kappa shape index (κ1) is 17.0. The zero-order chi connectivity index (χ0) is 16.7. The zero-order valence-electron chi connectivity index (χ0n) is 12.9. The maximum atomic E-state index is 10.9. The predicted octanol–water partition coefficient (Wildman–Crippen LogP) is 1.99. The van der Waals surface area contributed by atoms with Crippen LogP contribution in [0.5, 0.6) is 0 Å². The first-order valence-electron chi connectivity index (χ1n) is 7.36. The summed E-state index contributed by atoms with van der Waals surface area (Å²) in [5.41, 5.74) is 6.51. The van der Waals surface area contributed by atoms with Crippen LogP contribution in [0.25, 0.3) is 17.3 Å². The first-order chi connectivity index (χ1) is 11.5. The van der Waals surface area contributed by atoms with Crippen LogP contribution in [0.1, 0.15) is 25.1 Å². The number of aromatic nitrogens is 5. The van der Waals surface area contributed by atoms with E-state index in [9.17, 15) is 10.1 Å². The van der Waals surface area contributed by atoms with Crippen molar-refractivity contribution in [2.75, 3.05) is 0 Å². The molecule has 1 aliphatic rings. The van der Waals surface area contributed by atoms with Crippen LogP contribution in [-0.2, 0) is 5.54 Å². The van der Waals surface area contributed by atoms with Gasteiger partial charge in [-0.15, -0.1) is 17.5 Å². The number of nitro benzene ring substituents is 1. The van der Waals surface area contributed by atoms with E-state index in [0.29, 0.717) is 17.2 Å². The van der Waals surface area contributed by atoms with Crippen LogP contribution in [0.15, 0.2) is 35.0 Å². The van der Waals surface area contributed by atoms with Crippen LogP contribution >= 0.6 is 12.4 Å². The van der Waals surface area contributed by atoms with Crippen molar-refractivity contribution in [3.63, 3.8) is 0 Å². The molecule has 0 unspecified atom stereocenters. The number of benzene rings is 1. The molecule has 1 aromatic carbocycles. The molecule has 0 atom stereocenters. The van der Waals surface area contributed by atoms with Gasteiger partial charge in [0.15, 0.2) is 11.5 Å². The average Bonchev–Trinajstić information content (AvgIpc) is 3.22. The van der Waals surface area contributed by atoms with Gasteiger partial charge in [0.1, 0.15) is 0 Å². The molecule has 2 heterocycles. The number of nitrogens with two attached hydrogens (primary N) is 1. The molecule has 1 saturated carbocycles. The molecule has 0 bridgehead atoms. The van der Waals surface area contributed by atoms with Gasteiger partial charge in [-0.2, -0.15) is 4.98 Å². The number of hydrogen-bond acceptors (Lipinski definition) is 8. The summed E-state index contributed by atoms with van der Waals surface area (Å²) in [7, 11) is 0. The molecule has 2 aromatic heterocycles. The molecule has 1 aliphatic carbocycles. The van der Waals surface area contributed by atoms with E-state index in [2.05, 4.69) is 20.5 Å². The van der Waals surface area contributed by atoms with E-state index in [1.165, 1.54) is 16.8 Å². The van der Waals surface area contributed by atoms with Gasteiger partial charge < -0.3 is 10.3 Å². The number of halogens is 1. The largest absolute Gasteiger partial charge is 0.332 e. The van der Waals surface area contributed by atoms with Crippen molar-refractivity contribution in [1.29, 1.82) is 0 Å². The Bertz CT molecular complexity index is 919. The van der Waals surface area contributed by atoms with Crippen molar-refractivity contribution in [3.8, 4) is 17.3 Å². The first-order valence-corrected chi connectivity index (χ1v) is 7.36. The fourth-order valence-electron chi connectivity index (χ4n) is 2.55. The van der Waals surface area contributed by atoms with E-state index in [4.69, 9.17) is 10.3 Å². The standard InChI is InChI=1S/C14H13N7O3.ClH/c15-14(5-2-6-14)13-16-12(24-18-13)11-8-20(19-17-11)9-3-1-4-10(7-9)21(22)23;/h1,3-4,7-8H,2,5-6,15H2;1H. The minimum atomic E-state index is -0.516. The van der Waals surface area contributed by atoms with E-state index in [0.717, 1.165) is 19.3 Å². The summed E-state index contributed by atoms with van der Waals surface area (Å²) in [6, 6.07) is 6.08. The Morgan fingerprint density at radius 1 is 1.36 bits per heavy atom. The summed E-state index contributed by atoms with van der Waals surface area (Å²) >= 11 is 0. The summed E-state index contributed by atoms with van der Waals surface area (Å²) < 4.78 is 6.63. The van der Waals surface area contributed by atoms with E-state index in [1.54, 1.807) is 18.3 Å². The summed E-state index contributed by atoms with van der Waals surface area (Å²) in [6.45, 7) is 0. The third-order valence-electron chi connectivity index (χ3n) is 4.13. The monoisotopic (exact) mass is 363 g/mol. The lowest BCUT2D eigenvalue weighted by Gasteiger charge is -2.34. The van der Waals surface area contributed by atoms with Crippen molar-refractivity contribution < 1.29 is 9.45 Å². The lowest BCUT2D eigenvalue weighted by atomic mass is 9.77. The summed E-state index contributed by atoms with van der Waals surface area (Å²) in [5, 5.41) is 22.7. The molecular weight excluding hydrogens is 350 g/mol. The zero-order valence-corrected chi connectivity index (χ0v) is 13.7. The van der Waals surface area contributed by atoms with Crippen molar-refractivity contribution in [1.82, 2.24) is 25.1 Å². The van der Waals surface area contributed by atoms with Crippen molar-refractivity contribution in [2.24, 2.45) is 5.73 Å². The topological polar surface area (TPSA) is 139 Å². The molecule has 11 heteroatoms. The molecule has 0 radical (unpaired) electrons. The number of hydrogen-bond donors (Lipinski definition) is 1. The Kier molecular flexibility index (Phi) is 4.23. The van der Waals surface area contributed by atoms with Gasteiger partial charge in [-0.05, 0) is 25.3 Å². The Hall–Kier alpha value is -2.85. The Balaban J connectivity index is 0.00000182. The fourth-order valence-corrected chi connectivity index (χ4v) is 2.55. The van der Waals surface area contributed by atoms with Gasteiger partial charge in [0, 0.05) is 12.1 Å². The van der Waals surface area contributed by atoms with Gasteiger partial charge in [0.2, 0.25) is 0 Å². The van der Waals surface area contributed by atoms with Crippen LogP contribution in [0, 0.1) is 10.1 Å². The van der Waals surface area contributed by atoms with Crippen molar-refractivity contribution in [2.45, 2.75) is 24.8 Å². The minimum absolute atomic E-state index is 0. The second-order valence-corrected chi connectivity index (χ2v) is 5.76. The van der Waals surface area contributed by atoms with E-state index >= 15 is 0 Å². The summed E-state index contributed by atoms with van der Waals surface area (Å²) in [5.74, 6) is 0.687. The summed E-state index contributed by atoms with van der Waals surface area (Å²) in [6.07, 6.45) is 4.27. The van der Waals surface area contributed by atoms with Crippen LogP contribution in [0.2, 0.25) is 0 Å². The van der Waals surface area contributed by atoms with Crippen LogP contribution < -0.4 is 5.73 Å². The molecule has 10 nitrogen and oxygen atoms in total.